The van der Waals surface area contributed by atoms with Gasteiger partial charge in [0.25, 0.3) is 5.56 Å². The Labute approximate surface area is 160 Å². The van der Waals surface area contributed by atoms with Crippen LogP contribution < -0.4 is 5.56 Å². The molecule has 2 N–H and O–H groups in total. The summed E-state index contributed by atoms with van der Waals surface area (Å²) in [4.78, 5) is 16.9. The number of phenols is 1. The minimum absolute atomic E-state index is 0.0340. The van der Waals surface area contributed by atoms with Crippen LogP contribution in [0.1, 0.15) is 5.69 Å². The fourth-order valence-electron chi connectivity index (χ4n) is 3.00. The van der Waals surface area contributed by atoms with Crippen LogP contribution in [0.3, 0.4) is 0 Å². The van der Waals surface area contributed by atoms with Crippen LogP contribution in [0.5, 0.6) is 5.75 Å². The van der Waals surface area contributed by atoms with E-state index in [9.17, 15) is 23.1 Å². The fourth-order valence-corrected chi connectivity index (χ4v) is 3.12. The van der Waals surface area contributed by atoms with E-state index in [1.165, 1.54) is 36.4 Å². The summed E-state index contributed by atoms with van der Waals surface area (Å²) in [6.45, 7) is 0. The molecule has 0 bridgehead atoms. The standard InChI is InChI=1S/C19H11ClF3N3O2/c20-11-7-5-10(6-8-11)15-16(19(21,22)23)25-26-17(15)24-9-13(18(26)28)12-3-1-2-4-14(12)27/h1-9,25,27H. The van der Waals surface area contributed by atoms with E-state index in [1.807, 2.05) is 0 Å². The summed E-state index contributed by atoms with van der Waals surface area (Å²) in [5.74, 6) is -0.179. The summed E-state index contributed by atoms with van der Waals surface area (Å²) in [6, 6.07) is 11.8. The van der Waals surface area contributed by atoms with Gasteiger partial charge in [0.1, 0.15) is 11.4 Å². The third kappa shape index (κ3) is 2.91. The maximum absolute atomic E-state index is 13.6. The van der Waals surface area contributed by atoms with E-state index >= 15 is 0 Å². The maximum atomic E-state index is 13.6. The number of phenolic OH excluding ortho intramolecular Hbond substituents is 1. The summed E-state index contributed by atoms with van der Waals surface area (Å²) >= 11 is 5.83. The summed E-state index contributed by atoms with van der Waals surface area (Å²) in [5.41, 5.74) is -1.97. The van der Waals surface area contributed by atoms with Crippen molar-refractivity contribution in [1.82, 2.24) is 14.6 Å². The van der Waals surface area contributed by atoms with E-state index in [-0.39, 0.29) is 33.7 Å². The Balaban J connectivity index is 2.05. The molecule has 4 aromatic rings. The van der Waals surface area contributed by atoms with Crippen LogP contribution in [0.15, 0.2) is 59.5 Å². The zero-order chi connectivity index (χ0) is 20.1. The molecule has 0 aliphatic heterocycles. The van der Waals surface area contributed by atoms with Gasteiger partial charge in [0.05, 0.1) is 11.1 Å². The van der Waals surface area contributed by atoms with Gasteiger partial charge in [-0.05, 0) is 23.8 Å². The van der Waals surface area contributed by atoms with E-state index in [0.717, 1.165) is 10.7 Å². The number of aromatic amines is 1. The van der Waals surface area contributed by atoms with E-state index in [4.69, 9.17) is 11.6 Å². The number of H-pyrrole nitrogens is 1. The highest BCUT2D eigenvalue weighted by molar-refractivity contribution is 6.30. The van der Waals surface area contributed by atoms with Crippen molar-refractivity contribution in [2.45, 2.75) is 6.18 Å². The first-order valence-electron chi connectivity index (χ1n) is 8.02. The molecule has 0 atom stereocenters. The van der Waals surface area contributed by atoms with Crippen molar-refractivity contribution in [2.24, 2.45) is 0 Å². The Kier molecular flexibility index (Phi) is 4.15. The van der Waals surface area contributed by atoms with Gasteiger partial charge in [0.2, 0.25) is 0 Å². The lowest BCUT2D eigenvalue weighted by Gasteiger charge is -2.07. The number of benzene rings is 2. The SMILES string of the molecule is O=c1c(-c2ccccc2O)cnc2c(-c3ccc(Cl)cc3)c(C(F)(F)F)[nH]n12. The average molecular weight is 406 g/mol. The van der Waals surface area contributed by atoms with E-state index < -0.39 is 17.4 Å². The Hall–Kier alpha value is -3.26. The lowest BCUT2D eigenvalue weighted by molar-refractivity contribution is -0.140. The van der Waals surface area contributed by atoms with Crippen LogP contribution in [0.25, 0.3) is 27.9 Å². The molecule has 0 unspecified atom stereocenters. The van der Waals surface area contributed by atoms with Gasteiger partial charge in [-0.2, -0.15) is 17.7 Å². The van der Waals surface area contributed by atoms with Crippen molar-refractivity contribution in [3.8, 4) is 28.0 Å². The van der Waals surface area contributed by atoms with Crippen LogP contribution in [-0.4, -0.2) is 19.7 Å². The molecule has 2 aromatic carbocycles. The molecule has 5 nitrogen and oxygen atoms in total. The van der Waals surface area contributed by atoms with Crippen molar-refractivity contribution in [3.63, 3.8) is 0 Å². The zero-order valence-electron chi connectivity index (χ0n) is 14.0. The van der Waals surface area contributed by atoms with Crippen molar-refractivity contribution in [1.29, 1.82) is 0 Å². The largest absolute Gasteiger partial charge is 0.507 e. The molecule has 0 aliphatic carbocycles. The van der Waals surface area contributed by atoms with Gasteiger partial charge in [-0.25, -0.2) is 4.98 Å². The molecule has 9 heteroatoms. The lowest BCUT2D eigenvalue weighted by Crippen LogP contribution is -2.18. The number of fused-ring (bicyclic) bond motifs is 1. The van der Waals surface area contributed by atoms with Crippen LogP contribution in [-0.2, 0) is 6.18 Å². The third-order valence-electron chi connectivity index (χ3n) is 4.27. The topological polar surface area (TPSA) is 70.4 Å². The number of nitrogens with zero attached hydrogens (tertiary/aromatic N) is 2. The summed E-state index contributed by atoms with van der Waals surface area (Å²) in [5, 5.41) is 12.5. The van der Waals surface area contributed by atoms with Gasteiger partial charge in [-0.1, -0.05) is 41.9 Å². The minimum atomic E-state index is -4.75. The summed E-state index contributed by atoms with van der Waals surface area (Å²) < 4.78 is 41.6. The van der Waals surface area contributed by atoms with Crippen LogP contribution in [0.4, 0.5) is 13.2 Å². The third-order valence-corrected chi connectivity index (χ3v) is 4.52. The molecular weight excluding hydrogens is 395 g/mol. The predicted octanol–water partition coefficient (Wildman–Crippen LogP) is 4.73. The van der Waals surface area contributed by atoms with Gasteiger partial charge in [0.15, 0.2) is 5.65 Å². The minimum Gasteiger partial charge on any atom is -0.507 e. The zero-order valence-corrected chi connectivity index (χ0v) is 14.7. The molecule has 0 fully saturated rings. The van der Waals surface area contributed by atoms with Gasteiger partial charge in [0, 0.05) is 16.8 Å². The summed E-state index contributed by atoms with van der Waals surface area (Å²) in [7, 11) is 0. The number of aromatic nitrogens is 3. The van der Waals surface area contributed by atoms with Crippen molar-refractivity contribution in [3.05, 3.63) is 75.8 Å². The number of para-hydroxylation sites is 1. The quantitative estimate of drug-likeness (QED) is 0.506. The first-order valence-corrected chi connectivity index (χ1v) is 8.40. The predicted molar refractivity (Wildman–Crippen MR) is 98.4 cm³/mol. The Morgan fingerprint density at radius 3 is 2.36 bits per heavy atom. The van der Waals surface area contributed by atoms with Crippen LogP contribution >= 0.6 is 11.6 Å². The van der Waals surface area contributed by atoms with Gasteiger partial charge >= 0.3 is 6.18 Å². The number of alkyl halides is 3. The molecule has 0 radical (unpaired) electrons. The van der Waals surface area contributed by atoms with E-state index in [2.05, 4.69) is 10.1 Å². The van der Waals surface area contributed by atoms with Crippen LogP contribution in [0, 0.1) is 0 Å². The molecule has 2 heterocycles. The van der Waals surface area contributed by atoms with Crippen molar-refractivity contribution >= 4 is 17.2 Å². The Bertz CT molecular complexity index is 1240. The smallest absolute Gasteiger partial charge is 0.433 e. The fraction of sp³-hybridized carbons (Fsp3) is 0.0526. The number of aromatic hydroxyl groups is 1. The van der Waals surface area contributed by atoms with Gasteiger partial charge in [-0.15, -0.1) is 0 Å². The Morgan fingerprint density at radius 1 is 1.04 bits per heavy atom. The van der Waals surface area contributed by atoms with E-state index in [0.29, 0.717) is 5.02 Å². The second-order valence-electron chi connectivity index (χ2n) is 6.02. The number of hydrogen-bond acceptors (Lipinski definition) is 3. The van der Waals surface area contributed by atoms with Gasteiger partial charge in [-0.3, -0.25) is 9.89 Å². The number of rotatable bonds is 2. The number of nitrogens with one attached hydrogen (secondary N) is 1. The average Bonchev–Trinajstić information content (AvgIpc) is 3.04. The molecule has 0 amide bonds. The first-order chi connectivity index (χ1) is 13.3. The lowest BCUT2D eigenvalue weighted by atomic mass is 10.1. The molecule has 4 rings (SSSR count). The van der Waals surface area contributed by atoms with Crippen molar-refractivity contribution < 1.29 is 18.3 Å². The molecular formula is C19H11ClF3N3O2. The first kappa shape index (κ1) is 18.1. The second kappa shape index (κ2) is 6.42. The molecule has 142 valence electrons. The highest BCUT2D eigenvalue weighted by Gasteiger charge is 2.38. The highest BCUT2D eigenvalue weighted by Crippen LogP contribution is 2.38. The van der Waals surface area contributed by atoms with Crippen LogP contribution in [0.2, 0.25) is 5.02 Å². The number of halogens is 4. The Morgan fingerprint density at radius 2 is 1.71 bits per heavy atom. The molecule has 0 spiro atoms. The van der Waals surface area contributed by atoms with Gasteiger partial charge < -0.3 is 5.11 Å². The molecule has 0 aliphatic rings. The molecule has 28 heavy (non-hydrogen) atoms. The summed E-state index contributed by atoms with van der Waals surface area (Å²) in [6.07, 6.45) is -3.59. The van der Waals surface area contributed by atoms with E-state index in [1.54, 1.807) is 12.1 Å². The molecule has 0 saturated heterocycles. The molecule has 2 aromatic heterocycles. The monoisotopic (exact) mass is 405 g/mol. The van der Waals surface area contributed by atoms with Crippen molar-refractivity contribution in [2.75, 3.05) is 0 Å². The normalized spacial score (nSPS) is 11.9. The highest BCUT2D eigenvalue weighted by atomic mass is 35.5. The number of hydrogen-bond donors (Lipinski definition) is 2. The molecule has 0 saturated carbocycles. The maximum Gasteiger partial charge on any atom is 0.433 e. The second-order valence-corrected chi connectivity index (χ2v) is 6.46.